The summed E-state index contributed by atoms with van der Waals surface area (Å²) in [7, 11) is 3.02. The van der Waals surface area contributed by atoms with Gasteiger partial charge in [0.05, 0.1) is 31.3 Å². The smallest absolute Gasteiger partial charge is 0.338 e. The highest BCUT2D eigenvalue weighted by atomic mass is 16.6. The van der Waals surface area contributed by atoms with Crippen molar-refractivity contribution in [3.05, 3.63) is 63.2 Å². The fraction of sp³-hybridized carbons (Fsp3) is 0.263. The number of nitro groups is 1. The van der Waals surface area contributed by atoms with Gasteiger partial charge >= 0.3 is 5.97 Å². The van der Waals surface area contributed by atoms with Gasteiger partial charge in [-0.2, -0.15) is 0 Å². The summed E-state index contributed by atoms with van der Waals surface area (Å²) in [5, 5.41) is 13.8. The Labute approximate surface area is 161 Å². The van der Waals surface area contributed by atoms with Crippen molar-refractivity contribution in [1.29, 1.82) is 0 Å². The van der Waals surface area contributed by atoms with Crippen LogP contribution in [0.5, 0.6) is 11.5 Å². The minimum absolute atomic E-state index is 0.0160. The molecule has 1 amide bonds. The maximum absolute atomic E-state index is 12.5. The standard InChI is InChI=1S/C19H20N2O7/c1-4-28-19(23)14-8-13(9-15(10-14)21(24)25)18(22)20-11-12-5-6-16(26-2)17(7-12)27-3/h5-10H,4,11H2,1-3H3,(H,20,22). The number of hydrogen-bond acceptors (Lipinski definition) is 7. The number of rotatable bonds is 8. The molecule has 9 heteroatoms. The summed E-state index contributed by atoms with van der Waals surface area (Å²) in [5.74, 6) is -0.242. The van der Waals surface area contributed by atoms with Gasteiger partial charge in [0.1, 0.15) is 0 Å². The summed E-state index contributed by atoms with van der Waals surface area (Å²) in [4.78, 5) is 34.8. The number of hydrogen-bond donors (Lipinski definition) is 1. The Hall–Kier alpha value is -3.62. The summed E-state index contributed by atoms with van der Waals surface area (Å²) in [6.45, 7) is 1.88. The van der Waals surface area contributed by atoms with E-state index in [1.54, 1.807) is 25.1 Å². The third-order valence-electron chi connectivity index (χ3n) is 3.80. The van der Waals surface area contributed by atoms with Crippen LogP contribution in [0.4, 0.5) is 5.69 Å². The molecular formula is C19H20N2O7. The quantitative estimate of drug-likeness (QED) is 0.420. The third kappa shape index (κ3) is 4.97. The zero-order valence-corrected chi connectivity index (χ0v) is 15.7. The summed E-state index contributed by atoms with van der Waals surface area (Å²) in [6, 6.07) is 8.59. The molecule has 0 aliphatic rings. The molecule has 0 saturated carbocycles. The van der Waals surface area contributed by atoms with E-state index >= 15 is 0 Å². The molecule has 0 aliphatic carbocycles. The van der Waals surface area contributed by atoms with E-state index in [9.17, 15) is 19.7 Å². The summed E-state index contributed by atoms with van der Waals surface area (Å²) in [5.41, 5.74) is 0.286. The molecular weight excluding hydrogens is 368 g/mol. The van der Waals surface area contributed by atoms with E-state index in [1.165, 1.54) is 20.3 Å². The highest BCUT2D eigenvalue weighted by molar-refractivity contribution is 5.99. The predicted molar refractivity (Wildman–Crippen MR) is 99.8 cm³/mol. The van der Waals surface area contributed by atoms with E-state index in [0.29, 0.717) is 11.5 Å². The van der Waals surface area contributed by atoms with Crippen LogP contribution in [0, 0.1) is 10.1 Å². The molecule has 2 aromatic carbocycles. The van der Waals surface area contributed by atoms with Gasteiger partial charge in [-0.25, -0.2) is 4.79 Å². The molecule has 0 fully saturated rings. The molecule has 2 rings (SSSR count). The Balaban J connectivity index is 2.21. The Kier molecular flexibility index (Phi) is 6.91. The summed E-state index contributed by atoms with van der Waals surface area (Å²) >= 11 is 0. The Morgan fingerprint density at radius 2 is 1.71 bits per heavy atom. The van der Waals surface area contributed by atoms with E-state index < -0.39 is 16.8 Å². The number of amides is 1. The summed E-state index contributed by atoms with van der Waals surface area (Å²) < 4.78 is 15.2. The average Bonchev–Trinajstić information content (AvgIpc) is 2.71. The molecule has 0 aromatic heterocycles. The number of nitro benzene ring substituents is 1. The van der Waals surface area contributed by atoms with E-state index in [-0.39, 0.29) is 30.0 Å². The monoisotopic (exact) mass is 388 g/mol. The van der Waals surface area contributed by atoms with Gasteiger partial charge < -0.3 is 19.5 Å². The molecule has 0 unspecified atom stereocenters. The molecule has 0 heterocycles. The molecule has 9 nitrogen and oxygen atoms in total. The first-order valence-electron chi connectivity index (χ1n) is 8.35. The Bertz CT molecular complexity index is 896. The number of carbonyl (C=O) groups excluding carboxylic acids is 2. The molecule has 0 radical (unpaired) electrons. The average molecular weight is 388 g/mol. The van der Waals surface area contributed by atoms with Crippen LogP contribution >= 0.6 is 0 Å². The minimum atomic E-state index is -0.736. The number of esters is 1. The van der Waals surface area contributed by atoms with Crippen LogP contribution < -0.4 is 14.8 Å². The molecule has 0 spiro atoms. The van der Waals surface area contributed by atoms with Crippen molar-refractivity contribution in [3.63, 3.8) is 0 Å². The zero-order chi connectivity index (χ0) is 20.7. The first-order chi connectivity index (χ1) is 13.4. The lowest BCUT2D eigenvalue weighted by atomic mass is 10.1. The first-order valence-corrected chi connectivity index (χ1v) is 8.35. The van der Waals surface area contributed by atoms with Crippen molar-refractivity contribution in [3.8, 4) is 11.5 Å². The van der Waals surface area contributed by atoms with Crippen LogP contribution in [0.15, 0.2) is 36.4 Å². The maximum Gasteiger partial charge on any atom is 0.338 e. The fourth-order valence-electron chi connectivity index (χ4n) is 2.45. The van der Waals surface area contributed by atoms with Gasteiger partial charge in [0.25, 0.3) is 11.6 Å². The number of nitrogens with zero attached hydrogens (tertiary/aromatic N) is 1. The van der Waals surface area contributed by atoms with Crippen molar-refractivity contribution in [1.82, 2.24) is 5.32 Å². The Morgan fingerprint density at radius 1 is 1.04 bits per heavy atom. The second kappa shape index (κ2) is 9.36. The van der Waals surface area contributed by atoms with Crippen molar-refractivity contribution in [2.45, 2.75) is 13.5 Å². The molecule has 1 N–H and O–H groups in total. The number of methoxy groups -OCH3 is 2. The predicted octanol–water partition coefficient (Wildman–Crippen LogP) is 2.72. The van der Waals surface area contributed by atoms with Crippen LogP contribution in [-0.2, 0) is 11.3 Å². The van der Waals surface area contributed by atoms with Gasteiger partial charge in [0.2, 0.25) is 0 Å². The van der Waals surface area contributed by atoms with Crippen LogP contribution in [0.3, 0.4) is 0 Å². The molecule has 0 saturated heterocycles. The zero-order valence-electron chi connectivity index (χ0n) is 15.7. The van der Waals surface area contributed by atoms with Gasteiger partial charge in [0.15, 0.2) is 11.5 Å². The van der Waals surface area contributed by atoms with Crippen LogP contribution in [0.25, 0.3) is 0 Å². The topological polar surface area (TPSA) is 117 Å². The lowest BCUT2D eigenvalue weighted by Crippen LogP contribution is -2.23. The second-order valence-electron chi connectivity index (χ2n) is 5.62. The van der Waals surface area contributed by atoms with Gasteiger partial charge in [-0.05, 0) is 30.7 Å². The molecule has 0 atom stereocenters. The van der Waals surface area contributed by atoms with E-state index in [2.05, 4.69) is 5.32 Å². The molecule has 0 aliphatic heterocycles. The van der Waals surface area contributed by atoms with E-state index in [4.69, 9.17) is 14.2 Å². The van der Waals surface area contributed by atoms with Gasteiger partial charge in [-0.15, -0.1) is 0 Å². The lowest BCUT2D eigenvalue weighted by molar-refractivity contribution is -0.384. The van der Waals surface area contributed by atoms with Gasteiger partial charge in [-0.3, -0.25) is 14.9 Å². The first kappa shape index (κ1) is 20.7. The molecule has 28 heavy (non-hydrogen) atoms. The second-order valence-corrected chi connectivity index (χ2v) is 5.62. The maximum atomic E-state index is 12.5. The van der Waals surface area contributed by atoms with Crippen molar-refractivity contribution in [2.24, 2.45) is 0 Å². The number of nitrogens with one attached hydrogen (secondary N) is 1. The number of carbonyl (C=O) groups is 2. The van der Waals surface area contributed by atoms with Crippen molar-refractivity contribution in [2.75, 3.05) is 20.8 Å². The fourth-order valence-corrected chi connectivity index (χ4v) is 2.45. The van der Waals surface area contributed by atoms with Crippen LogP contribution in [0.1, 0.15) is 33.2 Å². The molecule has 0 bridgehead atoms. The van der Waals surface area contributed by atoms with E-state index in [1.807, 2.05) is 0 Å². The SMILES string of the molecule is CCOC(=O)c1cc(C(=O)NCc2ccc(OC)c(OC)c2)cc([N+](=O)[O-])c1. The van der Waals surface area contributed by atoms with E-state index in [0.717, 1.165) is 17.7 Å². The number of benzene rings is 2. The number of ether oxygens (including phenoxy) is 3. The lowest BCUT2D eigenvalue weighted by Gasteiger charge is -2.11. The Morgan fingerprint density at radius 3 is 2.32 bits per heavy atom. The third-order valence-corrected chi connectivity index (χ3v) is 3.80. The van der Waals surface area contributed by atoms with Crippen LogP contribution in [0.2, 0.25) is 0 Å². The highest BCUT2D eigenvalue weighted by Crippen LogP contribution is 2.27. The largest absolute Gasteiger partial charge is 0.493 e. The minimum Gasteiger partial charge on any atom is -0.493 e. The number of non-ortho nitro benzene ring substituents is 1. The van der Waals surface area contributed by atoms with Crippen LogP contribution in [-0.4, -0.2) is 37.6 Å². The molecule has 2 aromatic rings. The van der Waals surface area contributed by atoms with Crippen molar-refractivity contribution < 1.29 is 28.7 Å². The normalized spacial score (nSPS) is 10.1. The van der Waals surface area contributed by atoms with Gasteiger partial charge in [-0.1, -0.05) is 6.07 Å². The molecule has 148 valence electrons. The van der Waals surface area contributed by atoms with Gasteiger partial charge in [0, 0.05) is 24.2 Å². The van der Waals surface area contributed by atoms with Crippen molar-refractivity contribution >= 4 is 17.6 Å². The summed E-state index contributed by atoms with van der Waals surface area (Å²) in [6.07, 6.45) is 0. The highest BCUT2D eigenvalue weighted by Gasteiger charge is 2.18.